The maximum absolute atomic E-state index is 13.1. The van der Waals surface area contributed by atoms with Crippen LogP contribution in [-0.4, -0.2) is 13.1 Å². The van der Waals surface area contributed by atoms with E-state index in [1.165, 1.54) is 31.4 Å². The maximum atomic E-state index is 13.1. The van der Waals surface area contributed by atoms with Crippen LogP contribution in [0.5, 0.6) is 0 Å². The first-order valence-electron chi connectivity index (χ1n) is 6.58. The molecule has 0 radical (unpaired) electrons. The summed E-state index contributed by atoms with van der Waals surface area (Å²) in [5.41, 5.74) is 6.24. The van der Waals surface area contributed by atoms with Crippen molar-refractivity contribution in [1.29, 1.82) is 0 Å². The van der Waals surface area contributed by atoms with Gasteiger partial charge < -0.3 is 11.1 Å². The molecule has 1 aliphatic carbocycles. The average molecular weight is 254 g/mol. The molecule has 3 N–H and O–H groups in total. The van der Waals surface area contributed by atoms with E-state index >= 15 is 0 Å². The van der Waals surface area contributed by atoms with Gasteiger partial charge in [0.15, 0.2) is 0 Å². The summed E-state index contributed by atoms with van der Waals surface area (Å²) in [4.78, 5) is 0. The van der Waals surface area contributed by atoms with E-state index in [1.54, 1.807) is 0 Å². The smallest absolute Gasteiger partial charge is 0.126 e. The van der Waals surface area contributed by atoms with Crippen LogP contribution in [-0.2, 0) is 0 Å². The van der Waals surface area contributed by atoms with Crippen molar-refractivity contribution in [1.82, 2.24) is 5.32 Å². The van der Waals surface area contributed by atoms with Gasteiger partial charge in [0.1, 0.15) is 11.6 Å². The Morgan fingerprint density at radius 2 is 1.89 bits per heavy atom. The Labute approximate surface area is 107 Å². The third-order valence-corrected chi connectivity index (χ3v) is 3.40. The van der Waals surface area contributed by atoms with Crippen LogP contribution in [0.2, 0.25) is 0 Å². The van der Waals surface area contributed by atoms with E-state index in [2.05, 4.69) is 5.32 Å². The molecule has 0 saturated heterocycles. The molecule has 0 aliphatic heterocycles. The molecule has 1 aromatic carbocycles. The van der Waals surface area contributed by atoms with Gasteiger partial charge in [-0.25, -0.2) is 8.78 Å². The molecule has 0 bridgehead atoms. The minimum atomic E-state index is -0.553. The Kier molecular flexibility index (Phi) is 4.66. The molecule has 0 spiro atoms. The van der Waals surface area contributed by atoms with Gasteiger partial charge in [-0.15, -0.1) is 0 Å². The molecule has 1 saturated carbocycles. The quantitative estimate of drug-likeness (QED) is 0.734. The van der Waals surface area contributed by atoms with Crippen LogP contribution in [0.4, 0.5) is 8.78 Å². The number of hydrogen-bond donors (Lipinski definition) is 2. The Bertz CT molecular complexity index is 371. The fourth-order valence-electron chi connectivity index (χ4n) is 2.19. The SMILES string of the molecule is NCC(NCCCC1CC1)c1cc(F)cc(F)c1. The Balaban J connectivity index is 1.85. The lowest BCUT2D eigenvalue weighted by atomic mass is 10.1. The van der Waals surface area contributed by atoms with Crippen molar-refractivity contribution in [3.63, 3.8) is 0 Å². The van der Waals surface area contributed by atoms with E-state index in [1.807, 2.05) is 0 Å². The number of benzene rings is 1. The largest absolute Gasteiger partial charge is 0.329 e. The van der Waals surface area contributed by atoms with E-state index in [-0.39, 0.29) is 6.04 Å². The van der Waals surface area contributed by atoms with Gasteiger partial charge in [-0.3, -0.25) is 0 Å². The monoisotopic (exact) mass is 254 g/mol. The van der Waals surface area contributed by atoms with Gasteiger partial charge in [0.05, 0.1) is 0 Å². The third kappa shape index (κ3) is 4.03. The maximum Gasteiger partial charge on any atom is 0.126 e. The first-order valence-corrected chi connectivity index (χ1v) is 6.58. The first-order chi connectivity index (χ1) is 8.69. The number of nitrogens with one attached hydrogen (secondary N) is 1. The molecule has 1 fully saturated rings. The predicted molar refractivity (Wildman–Crippen MR) is 68.1 cm³/mol. The van der Waals surface area contributed by atoms with Crippen molar-refractivity contribution in [2.24, 2.45) is 11.7 Å². The molecule has 2 nitrogen and oxygen atoms in total. The molecule has 1 aromatic rings. The van der Waals surface area contributed by atoms with Gasteiger partial charge >= 0.3 is 0 Å². The Morgan fingerprint density at radius 3 is 2.44 bits per heavy atom. The molecule has 1 unspecified atom stereocenters. The van der Waals surface area contributed by atoms with Crippen molar-refractivity contribution >= 4 is 0 Å². The third-order valence-electron chi connectivity index (χ3n) is 3.40. The standard InChI is InChI=1S/C14H20F2N2/c15-12-6-11(7-13(16)8-12)14(9-17)18-5-1-2-10-3-4-10/h6-8,10,14,18H,1-5,9,17H2. The summed E-state index contributed by atoms with van der Waals surface area (Å²) < 4.78 is 26.2. The molecule has 0 aromatic heterocycles. The van der Waals surface area contributed by atoms with Crippen LogP contribution in [0.25, 0.3) is 0 Å². The van der Waals surface area contributed by atoms with Crippen molar-refractivity contribution in [2.75, 3.05) is 13.1 Å². The van der Waals surface area contributed by atoms with E-state index < -0.39 is 11.6 Å². The van der Waals surface area contributed by atoms with Crippen LogP contribution < -0.4 is 11.1 Å². The molecule has 18 heavy (non-hydrogen) atoms. The summed E-state index contributed by atoms with van der Waals surface area (Å²) in [5, 5.41) is 3.26. The molecule has 1 aliphatic rings. The zero-order valence-electron chi connectivity index (χ0n) is 10.5. The molecular weight excluding hydrogens is 234 g/mol. The summed E-state index contributed by atoms with van der Waals surface area (Å²) in [6.45, 7) is 1.18. The summed E-state index contributed by atoms with van der Waals surface area (Å²) >= 11 is 0. The first kappa shape index (κ1) is 13.4. The van der Waals surface area contributed by atoms with Gasteiger partial charge in [-0.05, 0) is 43.0 Å². The molecule has 0 amide bonds. The number of rotatable bonds is 7. The zero-order valence-corrected chi connectivity index (χ0v) is 10.5. The topological polar surface area (TPSA) is 38.0 Å². The van der Waals surface area contributed by atoms with Crippen molar-refractivity contribution in [2.45, 2.75) is 31.7 Å². The van der Waals surface area contributed by atoms with E-state index in [0.717, 1.165) is 24.9 Å². The molecule has 2 rings (SSSR count). The fourth-order valence-corrected chi connectivity index (χ4v) is 2.19. The highest BCUT2D eigenvalue weighted by molar-refractivity contribution is 5.21. The summed E-state index contributed by atoms with van der Waals surface area (Å²) in [5.74, 6) is -0.193. The number of hydrogen-bond acceptors (Lipinski definition) is 2. The summed E-state index contributed by atoms with van der Waals surface area (Å²) in [7, 11) is 0. The van der Waals surface area contributed by atoms with Crippen molar-refractivity contribution < 1.29 is 8.78 Å². The van der Waals surface area contributed by atoms with Gasteiger partial charge in [0.2, 0.25) is 0 Å². The highest BCUT2D eigenvalue weighted by Crippen LogP contribution is 2.33. The summed E-state index contributed by atoms with van der Waals surface area (Å²) in [6, 6.07) is 3.39. The highest BCUT2D eigenvalue weighted by Gasteiger charge is 2.20. The lowest BCUT2D eigenvalue weighted by molar-refractivity contribution is 0.503. The van der Waals surface area contributed by atoms with E-state index in [9.17, 15) is 8.78 Å². The normalized spacial score (nSPS) is 16.8. The van der Waals surface area contributed by atoms with E-state index in [4.69, 9.17) is 5.73 Å². The zero-order chi connectivity index (χ0) is 13.0. The van der Waals surface area contributed by atoms with Crippen LogP contribution in [0.1, 0.15) is 37.3 Å². The van der Waals surface area contributed by atoms with Crippen LogP contribution in [0, 0.1) is 17.6 Å². The summed E-state index contributed by atoms with van der Waals surface area (Å²) in [6.07, 6.45) is 5.05. The minimum absolute atomic E-state index is 0.172. The van der Waals surface area contributed by atoms with Gasteiger partial charge in [0, 0.05) is 18.7 Å². The second-order valence-corrected chi connectivity index (χ2v) is 5.03. The molecule has 100 valence electrons. The van der Waals surface area contributed by atoms with E-state index in [0.29, 0.717) is 12.1 Å². The minimum Gasteiger partial charge on any atom is -0.329 e. The molecule has 4 heteroatoms. The number of halogens is 2. The Morgan fingerprint density at radius 1 is 1.22 bits per heavy atom. The second-order valence-electron chi connectivity index (χ2n) is 5.03. The lowest BCUT2D eigenvalue weighted by Crippen LogP contribution is -2.29. The molecular formula is C14H20F2N2. The molecule has 1 atom stereocenters. The van der Waals surface area contributed by atoms with Crippen LogP contribution >= 0.6 is 0 Å². The predicted octanol–water partition coefficient (Wildman–Crippen LogP) is 2.74. The van der Waals surface area contributed by atoms with Gasteiger partial charge in [-0.1, -0.05) is 12.8 Å². The highest BCUT2D eigenvalue weighted by atomic mass is 19.1. The van der Waals surface area contributed by atoms with Gasteiger partial charge in [-0.2, -0.15) is 0 Å². The number of nitrogens with two attached hydrogens (primary N) is 1. The van der Waals surface area contributed by atoms with Crippen molar-refractivity contribution in [3.8, 4) is 0 Å². The Hall–Kier alpha value is -1.00. The van der Waals surface area contributed by atoms with Crippen LogP contribution in [0.15, 0.2) is 18.2 Å². The van der Waals surface area contributed by atoms with Crippen molar-refractivity contribution in [3.05, 3.63) is 35.4 Å². The van der Waals surface area contributed by atoms with Gasteiger partial charge in [0.25, 0.3) is 0 Å². The molecule has 0 heterocycles. The van der Waals surface area contributed by atoms with Crippen LogP contribution in [0.3, 0.4) is 0 Å². The second kappa shape index (κ2) is 6.25. The fraction of sp³-hybridized carbons (Fsp3) is 0.571. The lowest BCUT2D eigenvalue weighted by Gasteiger charge is -2.17. The average Bonchev–Trinajstić information content (AvgIpc) is 3.11.